The highest BCUT2D eigenvalue weighted by molar-refractivity contribution is 6.21. The zero-order valence-corrected chi connectivity index (χ0v) is 32.8. The summed E-state index contributed by atoms with van der Waals surface area (Å²) in [5.41, 5.74) is 6.24. The van der Waals surface area contributed by atoms with E-state index in [-0.39, 0.29) is 55.0 Å². The Morgan fingerprint density at radius 3 is 1.90 bits per heavy atom. The minimum atomic E-state index is -0.305. The molecule has 3 aliphatic rings. The number of nitrogens with one attached hydrogen (secondary N) is 1. The number of aryl methyl sites for hydroxylation is 1. The molecule has 0 aliphatic carbocycles. The number of para-hydroxylation sites is 2. The topological polar surface area (TPSA) is 131 Å². The Balaban J connectivity index is 0.871. The number of piperazine rings is 1. The van der Waals surface area contributed by atoms with Crippen LogP contribution in [-0.4, -0.2) is 103 Å². The third-order valence-corrected chi connectivity index (χ3v) is 11.2. The number of carbonyl (C=O) groups is 6. The first-order valence-electron chi connectivity index (χ1n) is 19.9. The van der Waals surface area contributed by atoms with Gasteiger partial charge >= 0.3 is 0 Å². The fourth-order valence-corrected chi connectivity index (χ4v) is 7.97. The monoisotopic (exact) mass is 788 g/mol. The van der Waals surface area contributed by atoms with Gasteiger partial charge in [-0.05, 0) is 85.6 Å². The highest BCUT2D eigenvalue weighted by Crippen LogP contribution is 2.34. The molecule has 0 spiro atoms. The molecular formula is C47H44N6O6. The maximum absolute atomic E-state index is 14.0. The zero-order chi connectivity index (χ0) is 41.0. The standard InChI is InChI=1S/C47H44N6O6/c1-32-15-17-33(18-16-32)36-9-2-3-10-37(36)44(56)48-35-21-19-34(20-22-35)45(57)51-26-23-42(54)53(41-14-7-6-13-40(41)51)31-43(55)50-29-27-49(28-30-50)24-8-25-52-46(58)38-11-4-5-12-39(38)47(52)59/h2-7,9-22H,8,23-31H2,1H3,(H,48,56). The van der Waals surface area contributed by atoms with Crippen LogP contribution in [0.3, 0.4) is 0 Å². The summed E-state index contributed by atoms with van der Waals surface area (Å²) in [5, 5.41) is 2.96. The molecule has 3 heterocycles. The second kappa shape index (κ2) is 16.9. The normalized spacial score (nSPS) is 15.5. The van der Waals surface area contributed by atoms with Crippen molar-refractivity contribution < 1.29 is 28.8 Å². The number of nitrogens with zero attached hydrogens (tertiary/aromatic N) is 5. The molecule has 5 aromatic carbocycles. The van der Waals surface area contributed by atoms with Crippen molar-refractivity contribution in [3.63, 3.8) is 0 Å². The van der Waals surface area contributed by atoms with Crippen molar-refractivity contribution in [1.82, 2.24) is 14.7 Å². The summed E-state index contributed by atoms with van der Waals surface area (Å²) >= 11 is 0. The molecule has 12 heteroatoms. The van der Waals surface area contributed by atoms with E-state index in [0.29, 0.717) is 85.0 Å². The van der Waals surface area contributed by atoms with E-state index < -0.39 is 0 Å². The predicted molar refractivity (Wildman–Crippen MR) is 226 cm³/mol. The highest BCUT2D eigenvalue weighted by atomic mass is 16.2. The Hall–Kier alpha value is -6.92. The average molecular weight is 789 g/mol. The second-order valence-electron chi connectivity index (χ2n) is 15.0. The van der Waals surface area contributed by atoms with Gasteiger partial charge in [-0.25, -0.2) is 0 Å². The molecule has 0 saturated carbocycles. The predicted octanol–water partition coefficient (Wildman–Crippen LogP) is 6.13. The number of amides is 6. The molecule has 1 saturated heterocycles. The van der Waals surface area contributed by atoms with Crippen LogP contribution in [-0.2, 0) is 9.59 Å². The summed E-state index contributed by atoms with van der Waals surface area (Å²) in [4.78, 5) is 88.5. The second-order valence-corrected chi connectivity index (χ2v) is 15.0. The number of hydrogen-bond donors (Lipinski definition) is 1. The summed E-state index contributed by atoms with van der Waals surface area (Å²) < 4.78 is 0. The summed E-state index contributed by atoms with van der Waals surface area (Å²) in [6.45, 7) is 5.22. The van der Waals surface area contributed by atoms with Gasteiger partial charge in [-0.2, -0.15) is 0 Å². The van der Waals surface area contributed by atoms with Crippen LogP contribution in [0.2, 0.25) is 0 Å². The molecule has 0 atom stereocenters. The molecule has 0 unspecified atom stereocenters. The van der Waals surface area contributed by atoms with E-state index in [2.05, 4.69) is 10.2 Å². The minimum Gasteiger partial charge on any atom is -0.339 e. The van der Waals surface area contributed by atoms with Crippen molar-refractivity contribution in [1.29, 1.82) is 0 Å². The van der Waals surface area contributed by atoms with Gasteiger partial charge in [-0.3, -0.25) is 38.6 Å². The largest absolute Gasteiger partial charge is 0.339 e. The molecule has 3 aliphatic heterocycles. The SMILES string of the molecule is Cc1ccc(-c2ccccc2C(=O)Nc2ccc(C(=O)N3CCC(=O)N(CC(=O)N4CCN(CCCN5C(=O)c6ccccc6C5=O)CC4)c4ccccc43)cc2)cc1. The number of anilines is 3. The third kappa shape index (κ3) is 8.12. The van der Waals surface area contributed by atoms with E-state index in [4.69, 9.17) is 0 Å². The maximum Gasteiger partial charge on any atom is 0.261 e. The van der Waals surface area contributed by atoms with Crippen LogP contribution in [0, 0.1) is 6.92 Å². The van der Waals surface area contributed by atoms with E-state index in [1.54, 1.807) is 88.7 Å². The molecule has 59 heavy (non-hydrogen) atoms. The summed E-state index contributed by atoms with van der Waals surface area (Å²) in [5.74, 6) is -1.53. The van der Waals surface area contributed by atoms with Crippen LogP contribution in [0.1, 0.15) is 59.8 Å². The van der Waals surface area contributed by atoms with Gasteiger partial charge in [0, 0.05) is 62.5 Å². The molecule has 298 valence electrons. The van der Waals surface area contributed by atoms with Crippen LogP contribution in [0.25, 0.3) is 11.1 Å². The molecule has 0 radical (unpaired) electrons. The van der Waals surface area contributed by atoms with Gasteiger partial charge in [0.25, 0.3) is 23.6 Å². The number of carbonyl (C=O) groups excluding carboxylic acids is 6. The van der Waals surface area contributed by atoms with Crippen LogP contribution < -0.4 is 15.1 Å². The fraction of sp³-hybridized carbons (Fsp3) is 0.234. The molecule has 5 aromatic rings. The van der Waals surface area contributed by atoms with Crippen molar-refractivity contribution in [2.24, 2.45) is 0 Å². The van der Waals surface area contributed by atoms with Gasteiger partial charge in [0.15, 0.2) is 0 Å². The smallest absolute Gasteiger partial charge is 0.261 e. The number of fused-ring (bicyclic) bond motifs is 2. The molecule has 0 aromatic heterocycles. The van der Waals surface area contributed by atoms with E-state index in [9.17, 15) is 28.8 Å². The molecule has 1 fully saturated rings. The van der Waals surface area contributed by atoms with E-state index in [0.717, 1.165) is 16.7 Å². The Kier molecular flexibility index (Phi) is 11.1. The first-order chi connectivity index (χ1) is 28.7. The van der Waals surface area contributed by atoms with E-state index in [1.165, 1.54) is 9.80 Å². The van der Waals surface area contributed by atoms with Crippen molar-refractivity contribution in [2.45, 2.75) is 19.8 Å². The number of imide groups is 1. The Morgan fingerprint density at radius 2 is 1.22 bits per heavy atom. The van der Waals surface area contributed by atoms with Crippen LogP contribution in [0.15, 0.2) is 121 Å². The molecule has 0 bridgehead atoms. The van der Waals surface area contributed by atoms with Gasteiger partial charge in [-0.15, -0.1) is 0 Å². The quantitative estimate of drug-likeness (QED) is 0.169. The molecule has 6 amide bonds. The Morgan fingerprint density at radius 1 is 0.610 bits per heavy atom. The van der Waals surface area contributed by atoms with Crippen LogP contribution >= 0.6 is 0 Å². The lowest BCUT2D eigenvalue weighted by molar-refractivity contribution is -0.133. The van der Waals surface area contributed by atoms with Crippen LogP contribution in [0.5, 0.6) is 0 Å². The molecule has 8 rings (SSSR count). The summed E-state index contributed by atoms with van der Waals surface area (Å²) in [6, 6.07) is 36.1. The van der Waals surface area contributed by atoms with Gasteiger partial charge in [-0.1, -0.05) is 72.3 Å². The van der Waals surface area contributed by atoms with Crippen molar-refractivity contribution in [3.8, 4) is 11.1 Å². The van der Waals surface area contributed by atoms with Gasteiger partial charge in [0.05, 0.1) is 22.5 Å². The fourth-order valence-electron chi connectivity index (χ4n) is 7.97. The Bertz CT molecular complexity index is 2410. The average Bonchev–Trinajstić information content (AvgIpc) is 3.41. The number of hydrogen-bond acceptors (Lipinski definition) is 7. The summed E-state index contributed by atoms with van der Waals surface area (Å²) in [6.07, 6.45) is 0.654. The Labute approximate surface area is 342 Å². The number of benzene rings is 5. The molecular weight excluding hydrogens is 745 g/mol. The first-order valence-corrected chi connectivity index (χ1v) is 19.9. The molecule has 1 N–H and O–H groups in total. The lowest BCUT2D eigenvalue weighted by Crippen LogP contribution is -2.52. The third-order valence-electron chi connectivity index (χ3n) is 11.2. The lowest BCUT2D eigenvalue weighted by Gasteiger charge is -2.36. The van der Waals surface area contributed by atoms with E-state index >= 15 is 0 Å². The maximum atomic E-state index is 14.0. The van der Waals surface area contributed by atoms with Crippen LogP contribution in [0.4, 0.5) is 17.1 Å². The highest BCUT2D eigenvalue weighted by Gasteiger charge is 2.35. The minimum absolute atomic E-state index is 0.0309. The zero-order valence-electron chi connectivity index (χ0n) is 32.8. The van der Waals surface area contributed by atoms with Gasteiger partial charge in [0.2, 0.25) is 11.8 Å². The van der Waals surface area contributed by atoms with Gasteiger partial charge < -0.3 is 20.0 Å². The lowest BCUT2D eigenvalue weighted by atomic mass is 9.98. The van der Waals surface area contributed by atoms with Crippen molar-refractivity contribution in [2.75, 3.05) is 67.5 Å². The summed E-state index contributed by atoms with van der Waals surface area (Å²) in [7, 11) is 0. The molecule has 12 nitrogen and oxygen atoms in total. The number of rotatable bonds is 10. The van der Waals surface area contributed by atoms with Gasteiger partial charge in [0.1, 0.15) is 6.54 Å². The first kappa shape index (κ1) is 38.9. The van der Waals surface area contributed by atoms with Crippen molar-refractivity contribution in [3.05, 3.63) is 149 Å². The van der Waals surface area contributed by atoms with E-state index in [1.807, 2.05) is 49.4 Å². The van der Waals surface area contributed by atoms with Crippen molar-refractivity contribution >= 4 is 52.5 Å².